The van der Waals surface area contributed by atoms with Crippen LogP contribution >= 0.6 is 0 Å². The molecule has 0 saturated carbocycles. The van der Waals surface area contributed by atoms with Gasteiger partial charge in [0.1, 0.15) is 11.6 Å². The van der Waals surface area contributed by atoms with E-state index in [2.05, 4.69) is 10.6 Å². The van der Waals surface area contributed by atoms with Gasteiger partial charge in [-0.1, -0.05) is 6.07 Å². The van der Waals surface area contributed by atoms with E-state index in [4.69, 9.17) is 10.5 Å². The van der Waals surface area contributed by atoms with Crippen LogP contribution in [-0.2, 0) is 4.79 Å². The number of nitrogens with two attached hydrogens (primary N) is 1. The van der Waals surface area contributed by atoms with Gasteiger partial charge in [-0.3, -0.25) is 9.59 Å². The van der Waals surface area contributed by atoms with Gasteiger partial charge in [0.2, 0.25) is 5.91 Å². The second-order valence-electron chi connectivity index (χ2n) is 4.96. The summed E-state index contributed by atoms with van der Waals surface area (Å²) >= 11 is 0. The summed E-state index contributed by atoms with van der Waals surface area (Å²) in [5, 5.41) is 5.31. The molecule has 0 aromatic heterocycles. The first-order valence-electron chi connectivity index (χ1n) is 7.28. The molecule has 0 unspecified atom stereocenters. The Morgan fingerprint density at radius 2 is 1.92 bits per heavy atom. The average molecular weight is 331 g/mol. The van der Waals surface area contributed by atoms with Crippen molar-refractivity contribution in [3.63, 3.8) is 0 Å². The average Bonchev–Trinajstić information content (AvgIpc) is 2.56. The monoisotopic (exact) mass is 331 g/mol. The molecule has 0 fully saturated rings. The first-order valence-corrected chi connectivity index (χ1v) is 7.28. The summed E-state index contributed by atoms with van der Waals surface area (Å²) in [7, 11) is 1.49. The van der Waals surface area contributed by atoms with Crippen LogP contribution < -0.4 is 21.1 Å². The molecule has 2 aromatic rings. The third-order valence-corrected chi connectivity index (χ3v) is 3.21. The first-order chi connectivity index (χ1) is 11.5. The smallest absolute Gasteiger partial charge is 0.255 e. The molecule has 0 atom stereocenters. The van der Waals surface area contributed by atoms with E-state index in [-0.39, 0.29) is 24.4 Å². The molecule has 0 spiro atoms. The van der Waals surface area contributed by atoms with Gasteiger partial charge in [0.15, 0.2) is 0 Å². The SMILES string of the molecule is COc1ccc(NC(=O)c2cccc(F)c2)c(NC(=O)CCN)c1. The van der Waals surface area contributed by atoms with Crippen LogP contribution in [0, 0.1) is 5.82 Å². The molecule has 24 heavy (non-hydrogen) atoms. The Bertz CT molecular complexity index is 750. The number of nitrogens with one attached hydrogen (secondary N) is 2. The molecule has 7 heteroatoms. The summed E-state index contributed by atoms with van der Waals surface area (Å²) < 4.78 is 18.4. The highest BCUT2D eigenvalue weighted by molar-refractivity contribution is 6.07. The summed E-state index contributed by atoms with van der Waals surface area (Å²) in [4.78, 5) is 24.0. The fourth-order valence-corrected chi connectivity index (χ4v) is 2.03. The molecule has 2 aromatic carbocycles. The highest BCUT2D eigenvalue weighted by atomic mass is 19.1. The van der Waals surface area contributed by atoms with E-state index in [9.17, 15) is 14.0 Å². The van der Waals surface area contributed by atoms with Crippen molar-refractivity contribution in [2.24, 2.45) is 5.73 Å². The Morgan fingerprint density at radius 1 is 1.12 bits per heavy atom. The lowest BCUT2D eigenvalue weighted by molar-refractivity contribution is -0.116. The maximum atomic E-state index is 13.2. The van der Waals surface area contributed by atoms with E-state index in [1.165, 1.54) is 25.3 Å². The number of benzene rings is 2. The summed E-state index contributed by atoms with van der Waals surface area (Å²) in [6.45, 7) is 0.209. The molecule has 0 aliphatic heterocycles. The number of hydrogen-bond acceptors (Lipinski definition) is 4. The standard InChI is InChI=1S/C17H18FN3O3/c1-24-13-5-6-14(15(10-13)20-16(22)7-8-19)21-17(23)11-3-2-4-12(18)9-11/h2-6,9-10H,7-8,19H2,1H3,(H,20,22)(H,21,23). The zero-order chi connectivity index (χ0) is 17.5. The van der Waals surface area contributed by atoms with Crippen LogP contribution in [0.15, 0.2) is 42.5 Å². The van der Waals surface area contributed by atoms with Crippen molar-refractivity contribution < 1.29 is 18.7 Å². The number of halogens is 1. The number of anilines is 2. The molecular weight excluding hydrogens is 313 g/mol. The van der Waals surface area contributed by atoms with E-state index in [1.54, 1.807) is 18.2 Å². The number of hydrogen-bond donors (Lipinski definition) is 3. The summed E-state index contributed by atoms with van der Waals surface area (Å²) in [6, 6.07) is 10.1. The quantitative estimate of drug-likeness (QED) is 0.757. The van der Waals surface area contributed by atoms with Crippen molar-refractivity contribution >= 4 is 23.2 Å². The number of carbonyl (C=O) groups is 2. The molecule has 0 saturated heterocycles. The van der Waals surface area contributed by atoms with E-state index < -0.39 is 11.7 Å². The van der Waals surface area contributed by atoms with E-state index in [1.807, 2.05) is 0 Å². The van der Waals surface area contributed by atoms with Gasteiger partial charge < -0.3 is 21.1 Å². The van der Waals surface area contributed by atoms with Gasteiger partial charge in [0, 0.05) is 24.6 Å². The molecule has 0 radical (unpaired) electrons. The normalized spacial score (nSPS) is 10.1. The second kappa shape index (κ2) is 8.07. The fourth-order valence-electron chi connectivity index (χ4n) is 2.03. The van der Waals surface area contributed by atoms with Gasteiger partial charge in [0.05, 0.1) is 18.5 Å². The highest BCUT2D eigenvalue weighted by Gasteiger charge is 2.12. The molecule has 6 nitrogen and oxygen atoms in total. The van der Waals surface area contributed by atoms with Crippen molar-refractivity contribution in [1.29, 1.82) is 0 Å². The minimum Gasteiger partial charge on any atom is -0.497 e. The van der Waals surface area contributed by atoms with Crippen molar-refractivity contribution in [2.45, 2.75) is 6.42 Å². The molecule has 126 valence electrons. The van der Waals surface area contributed by atoms with Gasteiger partial charge in [0.25, 0.3) is 5.91 Å². The van der Waals surface area contributed by atoms with E-state index >= 15 is 0 Å². The molecule has 2 amide bonds. The summed E-state index contributed by atoms with van der Waals surface area (Å²) in [5.41, 5.74) is 6.27. The molecular formula is C17H18FN3O3. The largest absolute Gasteiger partial charge is 0.497 e. The van der Waals surface area contributed by atoms with Gasteiger partial charge in [-0.15, -0.1) is 0 Å². The van der Waals surface area contributed by atoms with Crippen LogP contribution in [-0.4, -0.2) is 25.5 Å². The van der Waals surface area contributed by atoms with Crippen molar-refractivity contribution in [1.82, 2.24) is 0 Å². The molecule has 0 heterocycles. The Kier molecular flexibility index (Phi) is 5.86. The molecule has 4 N–H and O–H groups in total. The number of amides is 2. The Balaban J connectivity index is 2.24. The van der Waals surface area contributed by atoms with Crippen LogP contribution in [0.25, 0.3) is 0 Å². The van der Waals surface area contributed by atoms with E-state index in [0.29, 0.717) is 17.1 Å². The predicted octanol–water partition coefficient (Wildman–Crippen LogP) is 2.37. The van der Waals surface area contributed by atoms with Crippen LogP contribution in [0.3, 0.4) is 0 Å². The number of ether oxygens (including phenoxy) is 1. The summed E-state index contributed by atoms with van der Waals surface area (Å²) in [5.74, 6) is -0.767. The third kappa shape index (κ3) is 4.53. The van der Waals surface area contributed by atoms with Crippen LogP contribution in [0.1, 0.15) is 16.8 Å². The van der Waals surface area contributed by atoms with Crippen LogP contribution in [0.2, 0.25) is 0 Å². The molecule has 0 aliphatic carbocycles. The Hall–Kier alpha value is -2.93. The Morgan fingerprint density at radius 3 is 2.58 bits per heavy atom. The molecule has 2 rings (SSSR count). The minimum absolute atomic E-state index is 0.147. The van der Waals surface area contributed by atoms with Crippen molar-refractivity contribution in [2.75, 3.05) is 24.3 Å². The van der Waals surface area contributed by atoms with Crippen LogP contribution in [0.5, 0.6) is 5.75 Å². The van der Waals surface area contributed by atoms with Crippen molar-refractivity contribution in [3.05, 3.63) is 53.8 Å². The van der Waals surface area contributed by atoms with E-state index in [0.717, 1.165) is 6.07 Å². The van der Waals surface area contributed by atoms with Gasteiger partial charge >= 0.3 is 0 Å². The highest BCUT2D eigenvalue weighted by Crippen LogP contribution is 2.27. The van der Waals surface area contributed by atoms with Crippen LogP contribution in [0.4, 0.5) is 15.8 Å². The molecule has 0 aliphatic rings. The zero-order valence-corrected chi connectivity index (χ0v) is 13.1. The number of carbonyl (C=O) groups excluding carboxylic acids is 2. The fraction of sp³-hybridized carbons (Fsp3) is 0.176. The second-order valence-corrected chi connectivity index (χ2v) is 4.96. The lowest BCUT2D eigenvalue weighted by atomic mass is 10.2. The van der Waals surface area contributed by atoms with Crippen molar-refractivity contribution in [3.8, 4) is 5.75 Å². The number of rotatable bonds is 6. The van der Waals surface area contributed by atoms with Gasteiger partial charge in [-0.25, -0.2) is 4.39 Å². The van der Waals surface area contributed by atoms with Gasteiger partial charge in [-0.05, 0) is 30.3 Å². The topological polar surface area (TPSA) is 93.5 Å². The maximum Gasteiger partial charge on any atom is 0.255 e. The Labute approximate surface area is 138 Å². The zero-order valence-electron chi connectivity index (χ0n) is 13.1. The lowest BCUT2D eigenvalue weighted by Crippen LogP contribution is -2.19. The third-order valence-electron chi connectivity index (χ3n) is 3.21. The molecule has 0 bridgehead atoms. The minimum atomic E-state index is -0.506. The lowest BCUT2D eigenvalue weighted by Gasteiger charge is -2.14. The number of methoxy groups -OCH3 is 1. The van der Waals surface area contributed by atoms with Gasteiger partial charge in [-0.2, -0.15) is 0 Å². The summed E-state index contributed by atoms with van der Waals surface area (Å²) in [6.07, 6.45) is 0.147. The predicted molar refractivity (Wildman–Crippen MR) is 89.6 cm³/mol. The maximum absolute atomic E-state index is 13.2. The first kappa shape index (κ1) is 17.4.